The summed E-state index contributed by atoms with van der Waals surface area (Å²) in [5.41, 5.74) is 3.04. The number of rotatable bonds is 1. The van der Waals surface area contributed by atoms with Crippen LogP contribution in [-0.4, -0.2) is 48.1 Å². The summed E-state index contributed by atoms with van der Waals surface area (Å²) in [4.78, 5) is 17.4. The van der Waals surface area contributed by atoms with E-state index in [1.54, 1.807) is 0 Å². The molecule has 2 heterocycles. The lowest BCUT2D eigenvalue weighted by Crippen LogP contribution is -2.58. The lowest BCUT2D eigenvalue weighted by atomic mass is 9.75. The van der Waals surface area contributed by atoms with Gasteiger partial charge in [-0.15, -0.1) is 0 Å². The molecule has 0 aromatic heterocycles. The van der Waals surface area contributed by atoms with E-state index < -0.39 is 0 Å². The van der Waals surface area contributed by atoms with Crippen molar-refractivity contribution in [1.82, 2.24) is 15.1 Å². The first kappa shape index (κ1) is 16.9. The number of hydrogen-bond donors (Lipinski definition) is 1. The Balaban J connectivity index is 1.49. The molecule has 4 nitrogen and oxygen atoms in total. The van der Waals surface area contributed by atoms with Crippen molar-refractivity contribution in [2.45, 2.75) is 63.5 Å². The Morgan fingerprint density at radius 1 is 1.12 bits per heavy atom. The molecule has 0 spiro atoms. The molecule has 25 heavy (non-hydrogen) atoms. The highest BCUT2D eigenvalue weighted by Crippen LogP contribution is 2.40. The summed E-state index contributed by atoms with van der Waals surface area (Å²) in [7, 11) is 0. The molecule has 136 valence electrons. The molecular formula is C21H31N3O. The van der Waals surface area contributed by atoms with Crippen molar-refractivity contribution in [3.05, 3.63) is 35.4 Å². The van der Waals surface area contributed by atoms with Gasteiger partial charge in [0.1, 0.15) is 0 Å². The molecule has 1 aromatic rings. The summed E-state index contributed by atoms with van der Waals surface area (Å²) in [6.45, 7) is 8.38. The number of urea groups is 1. The highest BCUT2D eigenvalue weighted by Gasteiger charge is 2.41. The van der Waals surface area contributed by atoms with Crippen LogP contribution in [0.25, 0.3) is 0 Å². The first-order chi connectivity index (χ1) is 12.0. The van der Waals surface area contributed by atoms with E-state index in [4.69, 9.17) is 0 Å². The van der Waals surface area contributed by atoms with Gasteiger partial charge in [-0.1, -0.05) is 57.4 Å². The van der Waals surface area contributed by atoms with Crippen molar-refractivity contribution < 1.29 is 4.79 Å². The zero-order chi connectivity index (χ0) is 17.4. The van der Waals surface area contributed by atoms with Gasteiger partial charge in [0.2, 0.25) is 0 Å². The monoisotopic (exact) mass is 341 g/mol. The molecule has 1 aromatic carbocycles. The molecule has 3 aliphatic rings. The second kappa shape index (κ2) is 6.64. The van der Waals surface area contributed by atoms with Gasteiger partial charge in [0.05, 0.1) is 6.04 Å². The number of amides is 2. The van der Waals surface area contributed by atoms with Crippen molar-refractivity contribution >= 4 is 6.03 Å². The molecule has 2 aliphatic heterocycles. The van der Waals surface area contributed by atoms with Gasteiger partial charge in [0, 0.05) is 37.6 Å². The maximum Gasteiger partial charge on any atom is 0.317 e. The number of nitrogens with one attached hydrogen (secondary N) is 1. The molecule has 4 heteroatoms. The van der Waals surface area contributed by atoms with E-state index in [0.717, 1.165) is 39.0 Å². The van der Waals surface area contributed by atoms with Crippen LogP contribution in [0.3, 0.4) is 0 Å². The first-order valence-corrected chi connectivity index (χ1v) is 9.93. The Hall–Kier alpha value is -1.55. The molecule has 0 radical (unpaired) electrons. The van der Waals surface area contributed by atoms with Crippen LogP contribution in [0, 0.1) is 0 Å². The Kier molecular flexibility index (Phi) is 4.48. The Morgan fingerprint density at radius 3 is 2.68 bits per heavy atom. The van der Waals surface area contributed by atoms with Crippen LogP contribution in [0.15, 0.2) is 24.3 Å². The molecule has 0 bridgehead atoms. The van der Waals surface area contributed by atoms with E-state index in [0.29, 0.717) is 12.1 Å². The number of nitrogens with zero attached hydrogens (tertiary/aromatic N) is 2. The number of benzene rings is 1. The molecule has 1 saturated carbocycles. The number of piperazine rings is 1. The molecule has 2 amide bonds. The highest BCUT2D eigenvalue weighted by molar-refractivity contribution is 5.74. The van der Waals surface area contributed by atoms with E-state index >= 15 is 0 Å². The number of carbonyl (C=O) groups excluding carboxylic acids is 1. The van der Waals surface area contributed by atoms with E-state index in [-0.39, 0.29) is 11.4 Å². The van der Waals surface area contributed by atoms with Crippen molar-refractivity contribution in [1.29, 1.82) is 0 Å². The molecular weight excluding hydrogens is 310 g/mol. The zero-order valence-corrected chi connectivity index (χ0v) is 15.6. The first-order valence-electron chi connectivity index (χ1n) is 9.93. The third kappa shape index (κ3) is 3.29. The van der Waals surface area contributed by atoms with Gasteiger partial charge in [0.15, 0.2) is 0 Å². The van der Waals surface area contributed by atoms with Crippen molar-refractivity contribution in [3.63, 3.8) is 0 Å². The molecule has 1 N–H and O–H groups in total. The predicted molar refractivity (Wildman–Crippen MR) is 101 cm³/mol. The molecule has 1 unspecified atom stereocenters. The Morgan fingerprint density at radius 2 is 1.88 bits per heavy atom. The highest BCUT2D eigenvalue weighted by atomic mass is 16.2. The van der Waals surface area contributed by atoms with Gasteiger partial charge >= 0.3 is 6.03 Å². The summed E-state index contributed by atoms with van der Waals surface area (Å²) >= 11 is 0. The van der Waals surface area contributed by atoms with Crippen molar-refractivity contribution in [3.8, 4) is 0 Å². The summed E-state index contributed by atoms with van der Waals surface area (Å²) in [6, 6.07) is 9.69. The summed E-state index contributed by atoms with van der Waals surface area (Å²) in [5.74, 6) is 0. The van der Waals surface area contributed by atoms with Gasteiger partial charge < -0.3 is 10.2 Å². The van der Waals surface area contributed by atoms with E-state index in [2.05, 4.69) is 48.3 Å². The van der Waals surface area contributed by atoms with Crippen LogP contribution >= 0.6 is 0 Å². The van der Waals surface area contributed by atoms with Gasteiger partial charge in [-0.3, -0.25) is 4.90 Å². The fourth-order valence-corrected chi connectivity index (χ4v) is 5.00. The second-order valence-corrected chi connectivity index (χ2v) is 8.69. The summed E-state index contributed by atoms with van der Waals surface area (Å²) < 4.78 is 0. The van der Waals surface area contributed by atoms with Crippen LogP contribution < -0.4 is 5.32 Å². The fourth-order valence-electron chi connectivity index (χ4n) is 5.00. The van der Waals surface area contributed by atoms with Gasteiger partial charge in [-0.05, 0) is 24.0 Å². The maximum atomic E-state index is 12.8. The van der Waals surface area contributed by atoms with E-state index in [1.807, 2.05) is 4.90 Å². The minimum atomic E-state index is 0.147. The lowest BCUT2D eigenvalue weighted by Gasteiger charge is -2.50. The Labute approximate surface area is 151 Å². The van der Waals surface area contributed by atoms with Crippen LogP contribution in [0.1, 0.15) is 63.1 Å². The average molecular weight is 341 g/mol. The molecule has 1 saturated heterocycles. The minimum Gasteiger partial charge on any atom is -0.335 e. The summed E-state index contributed by atoms with van der Waals surface area (Å²) in [6.07, 6.45) is 6.12. The molecule has 2 fully saturated rings. The lowest BCUT2D eigenvalue weighted by molar-refractivity contribution is 0.0601. The smallest absolute Gasteiger partial charge is 0.317 e. The second-order valence-electron chi connectivity index (χ2n) is 8.69. The van der Waals surface area contributed by atoms with Gasteiger partial charge in [-0.2, -0.15) is 0 Å². The quantitative estimate of drug-likeness (QED) is 0.846. The van der Waals surface area contributed by atoms with Gasteiger partial charge in [0.25, 0.3) is 0 Å². The molecule has 4 rings (SSSR count). The predicted octanol–water partition coefficient (Wildman–Crippen LogP) is 3.68. The average Bonchev–Trinajstić information content (AvgIpc) is 2.62. The van der Waals surface area contributed by atoms with E-state index in [9.17, 15) is 4.79 Å². The summed E-state index contributed by atoms with van der Waals surface area (Å²) in [5, 5.41) is 3.29. The Bertz CT molecular complexity index is 636. The fraction of sp³-hybridized carbons (Fsp3) is 0.667. The van der Waals surface area contributed by atoms with Crippen molar-refractivity contribution in [2.75, 3.05) is 26.2 Å². The topological polar surface area (TPSA) is 35.6 Å². The normalized spacial score (nSPS) is 26.6. The third-order valence-corrected chi connectivity index (χ3v) is 6.36. The SMILES string of the molecule is CC1(C)CN2CCN(C(=O)NC3CCCCC3)CC2c2ccccc21. The standard InChI is InChI=1S/C21H31N3O/c1-21(2)15-24-13-12-23(20(25)22-16-8-4-3-5-9-16)14-19(24)17-10-6-7-11-18(17)21/h6-7,10-11,16,19H,3-5,8-9,12-15H2,1-2H3,(H,22,25). The number of carbonyl (C=O) groups is 1. The third-order valence-electron chi connectivity index (χ3n) is 6.36. The zero-order valence-electron chi connectivity index (χ0n) is 15.6. The molecule has 1 atom stereocenters. The maximum absolute atomic E-state index is 12.8. The molecule has 1 aliphatic carbocycles. The van der Waals surface area contributed by atoms with Crippen LogP contribution in [0.4, 0.5) is 4.79 Å². The minimum absolute atomic E-state index is 0.147. The largest absolute Gasteiger partial charge is 0.335 e. The van der Waals surface area contributed by atoms with E-state index in [1.165, 1.54) is 30.4 Å². The number of hydrogen-bond acceptors (Lipinski definition) is 2. The van der Waals surface area contributed by atoms with Crippen molar-refractivity contribution in [2.24, 2.45) is 0 Å². The van der Waals surface area contributed by atoms with Crippen LogP contribution in [0.2, 0.25) is 0 Å². The number of fused-ring (bicyclic) bond motifs is 3. The van der Waals surface area contributed by atoms with Gasteiger partial charge in [-0.25, -0.2) is 4.79 Å². The van der Waals surface area contributed by atoms with Crippen LogP contribution in [-0.2, 0) is 5.41 Å². The van der Waals surface area contributed by atoms with Crippen LogP contribution in [0.5, 0.6) is 0 Å².